The van der Waals surface area contributed by atoms with Gasteiger partial charge in [-0.15, -0.1) is 11.8 Å². The molecule has 6 nitrogen and oxygen atoms in total. The molecule has 0 radical (unpaired) electrons. The van der Waals surface area contributed by atoms with Crippen molar-refractivity contribution in [2.45, 2.75) is 10.6 Å². The van der Waals surface area contributed by atoms with Gasteiger partial charge in [0, 0.05) is 28.2 Å². The number of benzene rings is 2. The van der Waals surface area contributed by atoms with Gasteiger partial charge in [0.1, 0.15) is 11.6 Å². The number of nitrogens with zero attached hydrogens (tertiary/aromatic N) is 1. The molecule has 3 rings (SSSR count). The molecule has 3 aromatic rings. The largest absolute Gasteiger partial charge is 0.325 e. The Morgan fingerprint density at radius 2 is 1.83 bits per heavy atom. The molecule has 0 atom stereocenters. The number of halogens is 2. The summed E-state index contributed by atoms with van der Waals surface area (Å²) in [6, 6.07) is 15.1. The normalized spacial score (nSPS) is 11.1. The van der Waals surface area contributed by atoms with Crippen molar-refractivity contribution in [3.63, 3.8) is 0 Å². The predicted molar refractivity (Wildman–Crippen MR) is 118 cm³/mol. The molecular weight excluding hydrogens is 449 g/mol. The Hall–Kier alpha value is -2.62. The van der Waals surface area contributed by atoms with Gasteiger partial charge in [-0.2, -0.15) is 0 Å². The predicted octanol–water partition coefficient (Wildman–Crippen LogP) is 4.55. The van der Waals surface area contributed by atoms with E-state index in [1.165, 1.54) is 60.4 Å². The molecule has 0 unspecified atom stereocenters. The lowest BCUT2D eigenvalue weighted by atomic mass is 10.2. The number of amides is 1. The van der Waals surface area contributed by atoms with E-state index in [4.69, 9.17) is 11.6 Å². The molecule has 0 saturated carbocycles. The number of thioether (sulfide) groups is 1. The monoisotopic (exact) mass is 465 g/mol. The number of sulfonamides is 1. The maximum absolute atomic E-state index is 13.7. The molecule has 0 aliphatic carbocycles. The number of carbonyl (C=O) groups excluding carboxylic acids is 1. The fraction of sp³-hybridized carbons (Fsp3) is 0.100. The summed E-state index contributed by atoms with van der Waals surface area (Å²) in [5, 5.41) is 2.99. The Morgan fingerprint density at radius 1 is 1.07 bits per heavy atom. The summed E-state index contributed by atoms with van der Waals surface area (Å²) in [6.45, 7) is 0. The number of hydrogen-bond donors (Lipinski definition) is 2. The summed E-state index contributed by atoms with van der Waals surface area (Å²) in [5.41, 5.74) is 0.799. The number of carbonyl (C=O) groups is 1. The highest BCUT2D eigenvalue weighted by atomic mass is 35.5. The Bertz CT molecular complexity index is 1110. The fourth-order valence-electron chi connectivity index (χ4n) is 2.45. The zero-order valence-corrected chi connectivity index (χ0v) is 17.9. The van der Waals surface area contributed by atoms with E-state index >= 15 is 0 Å². The van der Waals surface area contributed by atoms with Crippen LogP contribution in [-0.4, -0.2) is 25.1 Å². The topological polar surface area (TPSA) is 88.2 Å². The fourth-order valence-corrected chi connectivity index (χ4v) is 4.62. The highest BCUT2D eigenvalue weighted by Crippen LogP contribution is 2.24. The molecule has 2 N–H and O–H groups in total. The number of nitrogens with one attached hydrogen (secondary N) is 2. The van der Waals surface area contributed by atoms with E-state index in [0.29, 0.717) is 16.3 Å². The number of aromatic nitrogens is 1. The van der Waals surface area contributed by atoms with Gasteiger partial charge in [0.2, 0.25) is 5.91 Å². The van der Waals surface area contributed by atoms with Crippen LogP contribution in [0.25, 0.3) is 0 Å². The van der Waals surface area contributed by atoms with Crippen LogP contribution in [-0.2, 0) is 20.6 Å². The van der Waals surface area contributed by atoms with Crippen molar-refractivity contribution in [2.75, 3.05) is 15.8 Å². The minimum atomic E-state index is -3.79. The quantitative estimate of drug-likeness (QED) is 0.509. The molecule has 0 aliphatic rings. The van der Waals surface area contributed by atoms with Crippen LogP contribution in [0.15, 0.2) is 71.8 Å². The zero-order chi connectivity index (χ0) is 21.6. The van der Waals surface area contributed by atoms with Gasteiger partial charge in [-0.05, 0) is 48.5 Å². The summed E-state index contributed by atoms with van der Waals surface area (Å²) >= 11 is 7.19. The number of hydrogen-bond acceptors (Lipinski definition) is 5. The van der Waals surface area contributed by atoms with Gasteiger partial charge in [-0.1, -0.05) is 23.7 Å². The maximum Gasteiger partial charge on any atom is 0.263 e. The summed E-state index contributed by atoms with van der Waals surface area (Å²) in [4.78, 5) is 16.1. The molecule has 0 spiro atoms. The molecule has 0 saturated heterocycles. The van der Waals surface area contributed by atoms with Gasteiger partial charge in [-0.25, -0.2) is 17.8 Å². The highest BCUT2D eigenvalue weighted by Gasteiger charge is 2.15. The van der Waals surface area contributed by atoms with Crippen molar-refractivity contribution >= 4 is 50.8 Å². The van der Waals surface area contributed by atoms with Crippen molar-refractivity contribution in [3.8, 4) is 0 Å². The van der Waals surface area contributed by atoms with Gasteiger partial charge < -0.3 is 5.32 Å². The van der Waals surface area contributed by atoms with E-state index < -0.39 is 15.8 Å². The minimum absolute atomic E-state index is 0.0368. The minimum Gasteiger partial charge on any atom is -0.325 e. The smallest absolute Gasteiger partial charge is 0.263 e. The van der Waals surface area contributed by atoms with Gasteiger partial charge in [0.25, 0.3) is 10.0 Å². The standard InChI is InChI=1S/C20H17ClFN3O3S2/c21-17-4-3-5-18(22)16(17)12-29-13-20(26)24-14-7-9-15(10-8-14)30(27,28)25-19-6-1-2-11-23-19/h1-11H,12-13H2,(H,23,25)(H,24,26). The van der Waals surface area contributed by atoms with Crippen molar-refractivity contribution in [3.05, 3.63) is 83.3 Å². The van der Waals surface area contributed by atoms with Gasteiger partial charge in [-0.3, -0.25) is 9.52 Å². The summed E-state index contributed by atoms with van der Waals surface area (Å²) < 4.78 is 40.9. The van der Waals surface area contributed by atoms with Crippen LogP contribution >= 0.6 is 23.4 Å². The Morgan fingerprint density at radius 3 is 2.50 bits per heavy atom. The molecule has 1 heterocycles. The average molecular weight is 466 g/mol. The van der Waals surface area contributed by atoms with Crippen LogP contribution in [0.2, 0.25) is 5.02 Å². The first-order chi connectivity index (χ1) is 14.3. The number of pyridine rings is 1. The third kappa shape index (κ3) is 5.94. The summed E-state index contributed by atoms with van der Waals surface area (Å²) in [6.07, 6.45) is 1.48. The van der Waals surface area contributed by atoms with Crippen LogP contribution in [0, 0.1) is 5.82 Å². The molecule has 10 heteroatoms. The first-order valence-corrected chi connectivity index (χ1v) is 11.7. The average Bonchev–Trinajstić information content (AvgIpc) is 2.71. The van der Waals surface area contributed by atoms with E-state index in [0.717, 1.165) is 0 Å². The maximum atomic E-state index is 13.7. The molecule has 1 amide bonds. The molecule has 156 valence electrons. The van der Waals surface area contributed by atoms with Crippen LogP contribution in [0.5, 0.6) is 0 Å². The Kier molecular flexibility index (Phi) is 7.30. The third-order valence-corrected chi connectivity index (χ3v) is 6.58. The Labute approximate surface area is 182 Å². The number of rotatable bonds is 8. The van der Waals surface area contributed by atoms with Crippen molar-refractivity contribution < 1.29 is 17.6 Å². The van der Waals surface area contributed by atoms with Crippen molar-refractivity contribution in [1.29, 1.82) is 0 Å². The van der Waals surface area contributed by atoms with E-state index in [9.17, 15) is 17.6 Å². The van der Waals surface area contributed by atoms with Crippen LogP contribution < -0.4 is 10.0 Å². The Balaban J connectivity index is 1.54. The van der Waals surface area contributed by atoms with Crippen LogP contribution in [0.1, 0.15) is 5.56 Å². The van der Waals surface area contributed by atoms with Gasteiger partial charge in [0.15, 0.2) is 0 Å². The first-order valence-electron chi connectivity index (χ1n) is 8.69. The number of anilines is 2. The molecule has 0 aliphatic heterocycles. The van der Waals surface area contributed by atoms with E-state index in [-0.39, 0.29) is 28.1 Å². The molecular formula is C20H17ClFN3O3S2. The summed E-state index contributed by atoms with van der Waals surface area (Å²) in [7, 11) is -3.79. The SMILES string of the molecule is O=C(CSCc1c(F)cccc1Cl)Nc1ccc(S(=O)(=O)Nc2ccccn2)cc1. The third-order valence-electron chi connectivity index (χ3n) is 3.89. The first kappa shape index (κ1) is 22.1. The van der Waals surface area contributed by atoms with E-state index in [2.05, 4.69) is 15.0 Å². The zero-order valence-electron chi connectivity index (χ0n) is 15.5. The molecule has 2 aromatic carbocycles. The van der Waals surface area contributed by atoms with E-state index in [1.54, 1.807) is 18.2 Å². The molecule has 1 aromatic heterocycles. The second-order valence-electron chi connectivity index (χ2n) is 6.09. The highest BCUT2D eigenvalue weighted by molar-refractivity contribution is 7.99. The molecule has 30 heavy (non-hydrogen) atoms. The van der Waals surface area contributed by atoms with Crippen LogP contribution in [0.3, 0.4) is 0 Å². The van der Waals surface area contributed by atoms with Crippen molar-refractivity contribution in [2.24, 2.45) is 0 Å². The second-order valence-corrected chi connectivity index (χ2v) is 9.16. The lowest BCUT2D eigenvalue weighted by Gasteiger charge is -2.09. The van der Waals surface area contributed by atoms with Crippen molar-refractivity contribution in [1.82, 2.24) is 4.98 Å². The lowest BCUT2D eigenvalue weighted by molar-refractivity contribution is -0.113. The summed E-state index contributed by atoms with van der Waals surface area (Å²) in [5.74, 6) is -0.149. The molecule has 0 bridgehead atoms. The lowest BCUT2D eigenvalue weighted by Crippen LogP contribution is -2.15. The van der Waals surface area contributed by atoms with Gasteiger partial charge >= 0.3 is 0 Å². The second kappa shape index (κ2) is 9.92. The van der Waals surface area contributed by atoms with E-state index in [1.807, 2.05) is 0 Å². The van der Waals surface area contributed by atoms with Gasteiger partial charge in [0.05, 0.1) is 10.6 Å². The van der Waals surface area contributed by atoms with Crippen LogP contribution in [0.4, 0.5) is 15.9 Å². The molecule has 0 fully saturated rings.